The quantitative estimate of drug-likeness (QED) is 0.295. The normalized spacial score (nSPS) is 34.0. The second-order valence-electron chi connectivity index (χ2n) is 13.1. The molecule has 3 aliphatic heterocycles. The summed E-state index contributed by atoms with van der Waals surface area (Å²) < 4.78 is 0. The van der Waals surface area contributed by atoms with Crippen LogP contribution in [0.2, 0.25) is 0 Å². The Labute approximate surface area is 232 Å². The van der Waals surface area contributed by atoms with Gasteiger partial charge in [-0.3, -0.25) is 0 Å². The highest BCUT2D eigenvalue weighted by molar-refractivity contribution is 5.78. The summed E-state index contributed by atoms with van der Waals surface area (Å²) in [6.07, 6.45) is 24.2. The van der Waals surface area contributed by atoms with Crippen molar-refractivity contribution in [3.05, 3.63) is 36.5 Å². The minimum absolute atomic E-state index is 0.905. The van der Waals surface area contributed by atoms with Crippen LogP contribution in [0.1, 0.15) is 96.3 Å². The zero-order chi connectivity index (χ0) is 25.8. The van der Waals surface area contributed by atoms with E-state index in [0.29, 0.717) is 0 Å². The van der Waals surface area contributed by atoms with Gasteiger partial charge in [0.2, 0.25) is 0 Å². The van der Waals surface area contributed by atoms with Gasteiger partial charge in [0.05, 0.1) is 0 Å². The van der Waals surface area contributed by atoms with Crippen molar-refractivity contribution in [3.8, 4) is 0 Å². The smallest absolute Gasteiger partial charge is 0.0453 e. The van der Waals surface area contributed by atoms with Gasteiger partial charge in [-0.05, 0) is 131 Å². The lowest BCUT2D eigenvalue weighted by atomic mass is 9.76. The number of nitrogens with one attached hydrogen (secondary N) is 4. The second kappa shape index (κ2) is 15.4. The standard InChI is InChI=1S/2C9H17N.C8H15N.C8H7N/c1-2-6-9-8(4-1)5-3-7-10-9;1-2-4-9-7-10-6-5-8(9)3-1;1-2-4-8-6-9-5-7(8)3-1;1-2-4-8-7(3-1)5-6-9-8/h2*8-10H,1-7H2;7-9H,1-6H2;1-6,9H. The van der Waals surface area contributed by atoms with Crippen LogP contribution in [0.5, 0.6) is 0 Å². The van der Waals surface area contributed by atoms with Crippen molar-refractivity contribution in [2.45, 2.75) is 102 Å². The molecule has 6 aliphatic rings. The first-order valence-electron chi connectivity index (χ1n) is 16.5. The molecule has 4 heteroatoms. The second-order valence-corrected chi connectivity index (χ2v) is 13.1. The van der Waals surface area contributed by atoms with Gasteiger partial charge >= 0.3 is 0 Å². The summed E-state index contributed by atoms with van der Waals surface area (Å²) in [7, 11) is 0. The van der Waals surface area contributed by atoms with Gasteiger partial charge in [0.15, 0.2) is 0 Å². The average molecular weight is 521 g/mol. The van der Waals surface area contributed by atoms with E-state index in [9.17, 15) is 0 Å². The highest BCUT2D eigenvalue weighted by Crippen LogP contribution is 2.34. The third-order valence-electron chi connectivity index (χ3n) is 10.6. The Bertz CT molecular complexity index is 787. The van der Waals surface area contributed by atoms with Gasteiger partial charge in [-0.1, -0.05) is 63.1 Å². The molecule has 8 rings (SSSR count). The maximum absolute atomic E-state index is 3.62. The van der Waals surface area contributed by atoms with Gasteiger partial charge in [0.1, 0.15) is 0 Å². The zero-order valence-electron chi connectivity index (χ0n) is 24.1. The van der Waals surface area contributed by atoms with Gasteiger partial charge in [-0.2, -0.15) is 0 Å². The van der Waals surface area contributed by atoms with E-state index in [1.807, 2.05) is 18.3 Å². The number of hydrogen-bond donors (Lipinski definition) is 4. The van der Waals surface area contributed by atoms with E-state index < -0.39 is 0 Å². The number of H-pyrrole nitrogens is 1. The highest BCUT2D eigenvalue weighted by atomic mass is 14.9. The van der Waals surface area contributed by atoms with Crippen molar-refractivity contribution < 1.29 is 0 Å². The SMILES string of the molecule is C1CCC2CNCC2C1.C1CCC2CNCCC2C1.C1CCC2NCCCC2C1.c1ccc2[nH]ccc2c1. The van der Waals surface area contributed by atoms with E-state index in [4.69, 9.17) is 0 Å². The number of rotatable bonds is 0. The van der Waals surface area contributed by atoms with E-state index in [2.05, 4.69) is 39.1 Å². The molecule has 0 radical (unpaired) electrons. The number of hydrogen-bond acceptors (Lipinski definition) is 3. The highest BCUT2D eigenvalue weighted by Gasteiger charge is 2.29. The molecule has 1 aromatic heterocycles. The summed E-state index contributed by atoms with van der Waals surface area (Å²) >= 11 is 0. The summed E-state index contributed by atoms with van der Waals surface area (Å²) in [6.45, 7) is 6.49. The molecule has 3 saturated heterocycles. The molecule has 0 spiro atoms. The van der Waals surface area contributed by atoms with Crippen LogP contribution in [0.15, 0.2) is 36.5 Å². The number of benzene rings is 1. The van der Waals surface area contributed by atoms with E-state index in [-0.39, 0.29) is 0 Å². The zero-order valence-corrected chi connectivity index (χ0v) is 24.1. The molecule has 0 bridgehead atoms. The van der Waals surface area contributed by atoms with Gasteiger partial charge in [-0.25, -0.2) is 0 Å². The fraction of sp³-hybridized carbons (Fsp3) is 0.765. The number of aromatic nitrogens is 1. The Balaban J connectivity index is 0.000000103. The Kier molecular flexibility index (Phi) is 11.4. The minimum atomic E-state index is 0.905. The van der Waals surface area contributed by atoms with E-state index in [1.165, 1.54) is 140 Å². The third kappa shape index (κ3) is 8.32. The molecule has 1 aromatic carbocycles. The van der Waals surface area contributed by atoms with Crippen molar-refractivity contribution in [2.24, 2.45) is 29.6 Å². The van der Waals surface area contributed by atoms with E-state index in [1.54, 1.807) is 0 Å². The van der Waals surface area contributed by atoms with Crippen LogP contribution in [0, 0.1) is 29.6 Å². The van der Waals surface area contributed by atoms with Crippen molar-refractivity contribution in [1.29, 1.82) is 0 Å². The molecule has 212 valence electrons. The van der Waals surface area contributed by atoms with Crippen LogP contribution in [0.3, 0.4) is 0 Å². The number of para-hydroxylation sites is 1. The maximum Gasteiger partial charge on any atom is 0.0453 e. The average Bonchev–Trinajstić information content (AvgIpc) is 3.68. The largest absolute Gasteiger partial charge is 0.361 e. The fourth-order valence-corrected chi connectivity index (χ4v) is 8.25. The van der Waals surface area contributed by atoms with Crippen molar-refractivity contribution in [2.75, 3.05) is 32.7 Å². The van der Waals surface area contributed by atoms with Gasteiger partial charge in [-0.15, -0.1) is 0 Å². The lowest BCUT2D eigenvalue weighted by Crippen LogP contribution is -2.42. The topological polar surface area (TPSA) is 51.9 Å². The molecule has 6 atom stereocenters. The van der Waals surface area contributed by atoms with Crippen LogP contribution in [-0.2, 0) is 0 Å². The number of fused-ring (bicyclic) bond motifs is 4. The Morgan fingerprint density at radius 1 is 0.500 bits per heavy atom. The van der Waals surface area contributed by atoms with Crippen molar-refractivity contribution >= 4 is 10.9 Å². The molecule has 3 saturated carbocycles. The first kappa shape index (κ1) is 28.2. The summed E-state index contributed by atoms with van der Waals surface area (Å²) in [5.41, 5.74) is 1.21. The molecule has 38 heavy (non-hydrogen) atoms. The minimum Gasteiger partial charge on any atom is -0.361 e. The number of piperidine rings is 2. The van der Waals surface area contributed by atoms with Crippen LogP contribution in [0.25, 0.3) is 10.9 Å². The van der Waals surface area contributed by atoms with Crippen LogP contribution in [0.4, 0.5) is 0 Å². The van der Waals surface area contributed by atoms with Crippen molar-refractivity contribution in [1.82, 2.24) is 20.9 Å². The molecular weight excluding hydrogens is 464 g/mol. The van der Waals surface area contributed by atoms with Gasteiger partial charge in [0.25, 0.3) is 0 Å². The molecule has 2 aromatic rings. The van der Waals surface area contributed by atoms with E-state index >= 15 is 0 Å². The van der Waals surface area contributed by atoms with Crippen LogP contribution in [-0.4, -0.2) is 43.7 Å². The first-order chi connectivity index (χ1) is 18.9. The third-order valence-corrected chi connectivity index (χ3v) is 10.6. The Morgan fingerprint density at radius 3 is 1.82 bits per heavy atom. The number of aromatic amines is 1. The first-order valence-corrected chi connectivity index (χ1v) is 16.5. The molecule has 6 unspecified atom stereocenters. The molecule has 3 aliphatic carbocycles. The summed E-state index contributed by atoms with van der Waals surface area (Å²) in [5.74, 6) is 5.29. The molecule has 4 heterocycles. The maximum atomic E-state index is 3.62. The van der Waals surface area contributed by atoms with Gasteiger partial charge in [0, 0.05) is 17.8 Å². The van der Waals surface area contributed by atoms with Crippen LogP contribution < -0.4 is 16.0 Å². The monoisotopic (exact) mass is 520 g/mol. The predicted molar refractivity (Wildman–Crippen MR) is 163 cm³/mol. The summed E-state index contributed by atoms with van der Waals surface area (Å²) in [4.78, 5) is 3.12. The van der Waals surface area contributed by atoms with Gasteiger partial charge < -0.3 is 20.9 Å². The predicted octanol–water partition coefficient (Wildman–Crippen LogP) is 7.28. The van der Waals surface area contributed by atoms with Crippen molar-refractivity contribution in [3.63, 3.8) is 0 Å². The van der Waals surface area contributed by atoms with E-state index in [0.717, 1.165) is 35.6 Å². The fourth-order valence-electron chi connectivity index (χ4n) is 8.25. The Hall–Kier alpha value is -1.36. The molecule has 6 fully saturated rings. The Morgan fingerprint density at radius 2 is 1.11 bits per heavy atom. The summed E-state index contributed by atoms with van der Waals surface area (Å²) in [6, 6.07) is 11.2. The summed E-state index contributed by atoms with van der Waals surface area (Å²) in [5, 5.41) is 11.8. The van der Waals surface area contributed by atoms with Crippen LogP contribution >= 0.6 is 0 Å². The lowest BCUT2D eigenvalue weighted by Gasteiger charge is -2.36. The molecule has 4 nitrogen and oxygen atoms in total. The molecular formula is C34H56N4. The molecule has 4 N–H and O–H groups in total. The lowest BCUT2D eigenvalue weighted by molar-refractivity contribution is 0.185. The molecule has 0 amide bonds.